The normalized spacial score (nSPS) is 19.9. The summed E-state index contributed by atoms with van der Waals surface area (Å²) in [6.45, 7) is 2.53. The molecule has 0 bridgehead atoms. The molecule has 1 saturated heterocycles. The summed E-state index contributed by atoms with van der Waals surface area (Å²) in [6, 6.07) is 1.62. The molecule has 1 aromatic carbocycles. The van der Waals surface area contributed by atoms with E-state index in [4.69, 9.17) is 5.11 Å². The first-order valence-electron chi connectivity index (χ1n) is 6.62. The highest BCUT2D eigenvalue weighted by Crippen LogP contribution is 2.21. The number of carbonyl (C=O) groups is 1. The third-order valence-electron chi connectivity index (χ3n) is 3.59. The Morgan fingerprint density at radius 1 is 1.45 bits per heavy atom. The van der Waals surface area contributed by atoms with Gasteiger partial charge in [-0.25, -0.2) is 13.6 Å². The van der Waals surface area contributed by atoms with E-state index in [0.29, 0.717) is 18.5 Å². The molecule has 1 atom stereocenters. The molecule has 0 aliphatic carbocycles. The number of carboxylic acid groups (broad SMARTS) is 1. The highest BCUT2D eigenvalue weighted by atomic mass is 19.1. The number of aromatic carboxylic acids is 1. The quantitative estimate of drug-likeness (QED) is 0.891. The molecule has 1 fully saturated rings. The van der Waals surface area contributed by atoms with Crippen LogP contribution in [0.15, 0.2) is 12.1 Å². The number of nitrogens with one attached hydrogen (secondary N) is 1. The Morgan fingerprint density at radius 2 is 2.20 bits per heavy atom. The Labute approximate surface area is 116 Å². The average molecular weight is 284 g/mol. The second-order valence-electron chi connectivity index (χ2n) is 5.27. The lowest BCUT2D eigenvalue weighted by molar-refractivity contribution is 0.0692. The van der Waals surface area contributed by atoms with Crippen molar-refractivity contribution in [3.63, 3.8) is 0 Å². The van der Waals surface area contributed by atoms with Gasteiger partial charge >= 0.3 is 5.97 Å². The topological polar surface area (TPSA) is 52.6 Å². The van der Waals surface area contributed by atoms with Crippen LogP contribution in [0, 0.1) is 17.6 Å². The summed E-state index contributed by atoms with van der Waals surface area (Å²) >= 11 is 0. The first-order valence-corrected chi connectivity index (χ1v) is 6.62. The summed E-state index contributed by atoms with van der Waals surface area (Å²) in [5.41, 5.74) is -0.480. The van der Waals surface area contributed by atoms with Crippen molar-refractivity contribution in [3.8, 4) is 0 Å². The zero-order valence-corrected chi connectivity index (χ0v) is 11.3. The van der Waals surface area contributed by atoms with E-state index in [9.17, 15) is 13.6 Å². The molecule has 1 aromatic rings. The summed E-state index contributed by atoms with van der Waals surface area (Å²) in [7, 11) is 2.03. The van der Waals surface area contributed by atoms with Crippen molar-refractivity contribution in [1.29, 1.82) is 0 Å². The second kappa shape index (κ2) is 6.17. The van der Waals surface area contributed by atoms with E-state index in [1.54, 1.807) is 0 Å². The minimum atomic E-state index is -1.40. The zero-order chi connectivity index (χ0) is 14.7. The number of piperidine rings is 1. The van der Waals surface area contributed by atoms with Crippen LogP contribution in [-0.2, 0) is 0 Å². The largest absolute Gasteiger partial charge is 0.478 e. The molecule has 0 radical (unpaired) electrons. The Balaban J connectivity index is 2.05. The lowest BCUT2D eigenvalue weighted by Gasteiger charge is -2.30. The molecule has 2 N–H and O–H groups in total. The average Bonchev–Trinajstić information content (AvgIpc) is 2.37. The predicted molar refractivity (Wildman–Crippen MR) is 72.0 cm³/mol. The van der Waals surface area contributed by atoms with Crippen LogP contribution in [0.2, 0.25) is 0 Å². The number of carboxylic acids is 1. The van der Waals surface area contributed by atoms with E-state index < -0.39 is 23.2 Å². The number of hydrogen-bond donors (Lipinski definition) is 2. The molecule has 0 saturated carbocycles. The summed E-state index contributed by atoms with van der Waals surface area (Å²) < 4.78 is 26.9. The lowest BCUT2D eigenvalue weighted by atomic mass is 9.98. The first-order chi connectivity index (χ1) is 9.47. The van der Waals surface area contributed by atoms with Gasteiger partial charge in [-0.1, -0.05) is 0 Å². The molecular weight excluding hydrogens is 266 g/mol. The summed E-state index contributed by atoms with van der Waals surface area (Å²) in [4.78, 5) is 13.0. The van der Waals surface area contributed by atoms with E-state index in [-0.39, 0.29) is 5.69 Å². The number of rotatable bonds is 4. The van der Waals surface area contributed by atoms with E-state index in [2.05, 4.69) is 10.2 Å². The lowest BCUT2D eigenvalue weighted by Crippen LogP contribution is -2.35. The molecule has 1 aliphatic rings. The van der Waals surface area contributed by atoms with Gasteiger partial charge < -0.3 is 15.3 Å². The number of anilines is 1. The van der Waals surface area contributed by atoms with Crippen molar-refractivity contribution in [2.24, 2.45) is 5.92 Å². The Hall–Kier alpha value is -1.69. The Morgan fingerprint density at radius 3 is 2.85 bits per heavy atom. The first kappa shape index (κ1) is 14.7. The molecule has 20 heavy (non-hydrogen) atoms. The van der Waals surface area contributed by atoms with Crippen LogP contribution in [0.3, 0.4) is 0 Å². The third kappa shape index (κ3) is 3.45. The van der Waals surface area contributed by atoms with Crippen molar-refractivity contribution in [2.45, 2.75) is 12.8 Å². The Bertz CT molecular complexity index is 508. The van der Waals surface area contributed by atoms with Crippen molar-refractivity contribution < 1.29 is 18.7 Å². The van der Waals surface area contributed by atoms with Crippen LogP contribution < -0.4 is 5.32 Å². The van der Waals surface area contributed by atoms with Crippen molar-refractivity contribution >= 4 is 11.7 Å². The Kier molecular flexibility index (Phi) is 4.54. The van der Waals surface area contributed by atoms with E-state index in [1.165, 1.54) is 0 Å². The van der Waals surface area contributed by atoms with Gasteiger partial charge in [0.1, 0.15) is 11.6 Å². The van der Waals surface area contributed by atoms with Crippen LogP contribution in [0.5, 0.6) is 0 Å². The molecule has 0 amide bonds. The maximum absolute atomic E-state index is 13.6. The van der Waals surface area contributed by atoms with E-state index in [1.807, 2.05) is 7.05 Å². The van der Waals surface area contributed by atoms with Crippen molar-refractivity contribution in [3.05, 3.63) is 29.3 Å². The second-order valence-corrected chi connectivity index (χ2v) is 5.27. The number of benzene rings is 1. The van der Waals surface area contributed by atoms with Gasteiger partial charge in [0.25, 0.3) is 0 Å². The summed E-state index contributed by atoms with van der Waals surface area (Å²) in [5, 5.41) is 11.7. The monoisotopic (exact) mass is 284 g/mol. The SMILES string of the molecule is CN1CCCC(CNc2cc(C(=O)O)c(F)cc2F)C1. The molecule has 0 aromatic heterocycles. The fraction of sp³-hybridized carbons (Fsp3) is 0.500. The minimum Gasteiger partial charge on any atom is -0.478 e. The van der Waals surface area contributed by atoms with Gasteiger partial charge in [-0.05, 0) is 38.4 Å². The summed E-state index contributed by atoms with van der Waals surface area (Å²) in [6.07, 6.45) is 2.14. The number of likely N-dealkylation sites (tertiary alicyclic amines) is 1. The number of hydrogen-bond acceptors (Lipinski definition) is 3. The van der Waals surface area contributed by atoms with Crippen LogP contribution in [0.25, 0.3) is 0 Å². The molecule has 0 spiro atoms. The van der Waals surface area contributed by atoms with Gasteiger partial charge in [0.15, 0.2) is 0 Å². The van der Waals surface area contributed by atoms with E-state index in [0.717, 1.165) is 32.0 Å². The summed E-state index contributed by atoms with van der Waals surface area (Å²) in [5.74, 6) is -2.84. The van der Waals surface area contributed by atoms with Gasteiger partial charge in [-0.3, -0.25) is 0 Å². The molecule has 110 valence electrons. The highest BCUT2D eigenvalue weighted by molar-refractivity contribution is 5.89. The zero-order valence-electron chi connectivity index (χ0n) is 11.3. The molecule has 6 heteroatoms. The van der Waals surface area contributed by atoms with Gasteiger partial charge in [0, 0.05) is 19.2 Å². The minimum absolute atomic E-state index is 0.0389. The predicted octanol–water partition coefficient (Wildman–Crippen LogP) is 2.42. The van der Waals surface area contributed by atoms with E-state index >= 15 is 0 Å². The van der Waals surface area contributed by atoms with Crippen LogP contribution in [0.1, 0.15) is 23.2 Å². The molecule has 1 heterocycles. The molecule has 1 aliphatic heterocycles. The van der Waals surface area contributed by atoms with Gasteiger partial charge in [0.05, 0.1) is 11.3 Å². The van der Waals surface area contributed by atoms with Crippen molar-refractivity contribution in [1.82, 2.24) is 4.90 Å². The molecule has 4 nitrogen and oxygen atoms in total. The molecular formula is C14H18F2N2O2. The van der Waals surface area contributed by atoms with Crippen LogP contribution in [-0.4, -0.2) is 42.7 Å². The van der Waals surface area contributed by atoms with Crippen LogP contribution in [0.4, 0.5) is 14.5 Å². The highest BCUT2D eigenvalue weighted by Gasteiger charge is 2.19. The third-order valence-corrected chi connectivity index (χ3v) is 3.59. The maximum Gasteiger partial charge on any atom is 0.338 e. The van der Waals surface area contributed by atoms with Gasteiger partial charge in [0.2, 0.25) is 0 Å². The molecule has 1 unspecified atom stereocenters. The standard InChI is InChI=1S/C14H18F2N2O2/c1-18-4-2-3-9(8-18)7-17-13-5-10(14(19)20)11(15)6-12(13)16/h5-6,9,17H,2-4,7-8H2,1H3,(H,19,20). The van der Waals surface area contributed by atoms with Gasteiger partial charge in [-0.2, -0.15) is 0 Å². The van der Waals surface area contributed by atoms with Gasteiger partial charge in [-0.15, -0.1) is 0 Å². The molecule has 2 rings (SSSR count). The number of nitrogens with zero attached hydrogens (tertiary/aromatic N) is 1. The number of halogens is 2. The fourth-order valence-electron chi connectivity index (χ4n) is 2.54. The van der Waals surface area contributed by atoms with Crippen LogP contribution >= 0.6 is 0 Å². The van der Waals surface area contributed by atoms with Crippen molar-refractivity contribution in [2.75, 3.05) is 32.0 Å². The fourth-order valence-corrected chi connectivity index (χ4v) is 2.54. The smallest absolute Gasteiger partial charge is 0.338 e. The maximum atomic E-state index is 13.6.